The number of ether oxygens (including phenoxy) is 2. The molecule has 2 aromatic heterocycles. The van der Waals surface area contributed by atoms with E-state index in [9.17, 15) is 9.65 Å². The standard InChI is InChI=1S/C32H37FN8O2/c1-20-6-8-32(28-23(20)4-5-26(35)24(28)14-34)13-27-25(18-43-32)29(39-16-22(17-39)41-11-3-9-36-41)38-30(37-27)42-19-31-7-2-10-40(31)15-21(33)12-31/h3-5,9,11,20-22H,2,6-8,10,12-13,15-19,35H2,1H3/t20-,21+,31-,32-/m0/s1. The number of hydrogen-bond acceptors (Lipinski definition) is 9. The van der Waals surface area contributed by atoms with Crippen molar-refractivity contribution in [2.24, 2.45) is 0 Å². The molecule has 6 heterocycles. The third kappa shape index (κ3) is 4.21. The molecule has 43 heavy (non-hydrogen) atoms. The molecule has 1 spiro atoms. The Morgan fingerprint density at radius 3 is 2.93 bits per heavy atom. The van der Waals surface area contributed by atoms with Gasteiger partial charge in [-0.05, 0) is 55.8 Å². The number of nitrogens with zero attached hydrogens (tertiary/aromatic N) is 7. The zero-order valence-electron chi connectivity index (χ0n) is 24.5. The third-order valence-corrected chi connectivity index (χ3v) is 10.6. The minimum absolute atomic E-state index is 0.264. The molecule has 10 nitrogen and oxygen atoms in total. The van der Waals surface area contributed by atoms with Gasteiger partial charge in [0.2, 0.25) is 0 Å². The molecule has 3 fully saturated rings. The Bertz CT molecular complexity index is 1600. The summed E-state index contributed by atoms with van der Waals surface area (Å²) in [5.74, 6) is 1.13. The van der Waals surface area contributed by atoms with Gasteiger partial charge in [0.1, 0.15) is 30.3 Å². The van der Waals surface area contributed by atoms with Crippen molar-refractivity contribution in [2.45, 2.75) is 81.3 Å². The lowest BCUT2D eigenvalue weighted by molar-refractivity contribution is -0.0874. The van der Waals surface area contributed by atoms with E-state index >= 15 is 0 Å². The second kappa shape index (κ2) is 9.89. The first-order valence-electron chi connectivity index (χ1n) is 15.5. The van der Waals surface area contributed by atoms with Gasteiger partial charge in [0.25, 0.3) is 0 Å². The molecule has 0 amide bonds. The fraction of sp³-hybridized carbons (Fsp3) is 0.562. The van der Waals surface area contributed by atoms with Crippen LogP contribution in [0.15, 0.2) is 30.6 Å². The lowest BCUT2D eigenvalue weighted by atomic mass is 9.69. The van der Waals surface area contributed by atoms with Gasteiger partial charge >= 0.3 is 6.01 Å². The normalized spacial score (nSPS) is 30.0. The smallest absolute Gasteiger partial charge is 0.318 e. The van der Waals surface area contributed by atoms with Crippen molar-refractivity contribution in [3.8, 4) is 12.1 Å². The van der Waals surface area contributed by atoms with E-state index in [1.54, 1.807) is 6.20 Å². The second-order valence-electron chi connectivity index (χ2n) is 13.2. The van der Waals surface area contributed by atoms with E-state index in [1.807, 2.05) is 23.0 Å². The van der Waals surface area contributed by atoms with E-state index in [0.717, 1.165) is 73.5 Å². The summed E-state index contributed by atoms with van der Waals surface area (Å²) in [5, 5.41) is 14.6. The van der Waals surface area contributed by atoms with Crippen molar-refractivity contribution >= 4 is 11.5 Å². The summed E-state index contributed by atoms with van der Waals surface area (Å²) < 4.78 is 29.7. The van der Waals surface area contributed by atoms with Crippen molar-refractivity contribution in [1.82, 2.24) is 24.6 Å². The molecule has 4 aliphatic heterocycles. The van der Waals surface area contributed by atoms with E-state index in [1.165, 1.54) is 0 Å². The van der Waals surface area contributed by atoms with Crippen LogP contribution in [0.3, 0.4) is 0 Å². The number of nitrogens with two attached hydrogens (primary N) is 1. The summed E-state index contributed by atoms with van der Waals surface area (Å²) in [5.41, 5.74) is 10.2. The van der Waals surface area contributed by atoms with E-state index in [2.05, 4.69) is 34.0 Å². The SMILES string of the molecule is C[C@H]1CC[C@]2(Cc3nc(OC[C@@]45CCCN4C[C@H](F)C5)nc(N4CC(n5cccn5)C4)c3CO2)c2c1ccc(N)c2C#N. The summed E-state index contributed by atoms with van der Waals surface area (Å²) in [6.07, 6.45) is 7.66. The van der Waals surface area contributed by atoms with Gasteiger partial charge in [0.05, 0.1) is 29.4 Å². The summed E-state index contributed by atoms with van der Waals surface area (Å²) in [6.45, 7) is 5.83. The first-order chi connectivity index (χ1) is 20.9. The first kappa shape index (κ1) is 26.8. The molecule has 3 saturated heterocycles. The van der Waals surface area contributed by atoms with Gasteiger partial charge in [-0.25, -0.2) is 4.39 Å². The molecule has 1 aromatic carbocycles. The summed E-state index contributed by atoms with van der Waals surface area (Å²) >= 11 is 0. The molecule has 0 bridgehead atoms. The number of nitrogen functional groups attached to an aromatic ring is 1. The van der Waals surface area contributed by atoms with Crippen LogP contribution in [0.2, 0.25) is 0 Å². The van der Waals surface area contributed by atoms with Crippen LogP contribution in [0, 0.1) is 11.3 Å². The fourth-order valence-corrected chi connectivity index (χ4v) is 8.30. The largest absolute Gasteiger partial charge is 0.461 e. The highest BCUT2D eigenvalue weighted by Gasteiger charge is 2.50. The quantitative estimate of drug-likeness (QED) is 0.444. The van der Waals surface area contributed by atoms with Gasteiger partial charge < -0.3 is 20.1 Å². The fourth-order valence-electron chi connectivity index (χ4n) is 8.30. The molecule has 2 N–H and O–H groups in total. The number of alkyl halides is 1. The Kier molecular flexibility index (Phi) is 6.18. The number of anilines is 2. The Morgan fingerprint density at radius 2 is 2.12 bits per heavy atom. The van der Waals surface area contributed by atoms with Crippen LogP contribution in [-0.4, -0.2) is 69.1 Å². The molecular formula is C32H37FN8O2. The number of benzene rings is 1. The van der Waals surface area contributed by atoms with E-state index < -0.39 is 11.8 Å². The minimum Gasteiger partial charge on any atom is -0.461 e. The topological polar surface area (TPSA) is 118 Å². The van der Waals surface area contributed by atoms with Crippen LogP contribution in [0.1, 0.15) is 78.9 Å². The van der Waals surface area contributed by atoms with Crippen molar-refractivity contribution in [1.29, 1.82) is 5.26 Å². The summed E-state index contributed by atoms with van der Waals surface area (Å²) in [7, 11) is 0. The lowest BCUT2D eigenvalue weighted by Gasteiger charge is -2.46. The Morgan fingerprint density at radius 1 is 1.23 bits per heavy atom. The summed E-state index contributed by atoms with van der Waals surface area (Å²) in [4.78, 5) is 14.4. The van der Waals surface area contributed by atoms with Gasteiger partial charge in [-0.2, -0.15) is 20.3 Å². The number of fused-ring (bicyclic) bond motifs is 4. The number of nitriles is 1. The molecular weight excluding hydrogens is 547 g/mol. The average Bonchev–Trinajstić information content (AvgIpc) is 3.70. The number of halogens is 1. The monoisotopic (exact) mass is 584 g/mol. The zero-order chi connectivity index (χ0) is 29.3. The molecule has 11 heteroatoms. The van der Waals surface area contributed by atoms with Crippen LogP contribution < -0.4 is 15.4 Å². The number of aromatic nitrogens is 4. The van der Waals surface area contributed by atoms with Crippen LogP contribution in [0.5, 0.6) is 6.01 Å². The molecule has 8 rings (SSSR count). The average molecular weight is 585 g/mol. The molecule has 0 unspecified atom stereocenters. The Balaban J connectivity index is 1.16. The van der Waals surface area contributed by atoms with E-state index in [-0.39, 0.29) is 11.6 Å². The maximum Gasteiger partial charge on any atom is 0.318 e. The zero-order valence-corrected chi connectivity index (χ0v) is 24.5. The maximum atomic E-state index is 14.5. The molecule has 0 radical (unpaired) electrons. The summed E-state index contributed by atoms with van der Waals surface area (Å²) in [6, 6.07) is 8.80. The van der Waals surface area contributed by atoms with Crippen molar-refractivity contribution in [3.05, 3.63) is 58.5 Å². The van der Waals surface area contributed by atoms with E-state index in [4.69, 9.17) is 25.2 Å². The van der Waals surface area contributed by atoms with E-state index in [0.29, 0.717) is 55.8 Å². The Labute approximate surface area is 250 Å². The van der Waals surface area contributed by atoms with Crippen LogP contribution >= 0.6 is 0 Å². The van der Waals surface area contributed by atoms with Crippen molar-refractivity contribution in [3.63, 3.8) is 0 Å². The van der Waals surface area contributed by atoms with Gasteiger partial charge in [0, 0.05) is 61.7 Å². The van der Waals surface area contributed by atoms with Crippen molar-refractivity contribution < 1.29 is 13.9 Å². The molecule has 224 valence electrons. The predicted octanol–water partition coefficient (Wildman–Crippen LogP) is 4.01. The van der Waals surface area contributed by atoms with Crippen LogP contribution in [0.25, 0.3) is 0 Å². The second-order valence-corrected chi connectivity index (χ2v) is 13.2. The number of hydrogen-bond donors (Lipinski definition) is 1. The third-order valence-electron chi connectivity index (χ3n) is 10.6. The van der Waals surface area contributed by atoms with Crippen LogP contribution in [0.4, 0.5) is 15.9 Å². The highest BCUT2D eigenvalue weighted by Crippen LogP contribution is 2.51. The van der Waals surface area contributed by atoms with Crippen LogP contribution in [-0.2, 0) is 23.4 Å². The van der Waals surface area contributed by atoms with Gasteiger partial charge in [-0.1, -0.05) is 13.0 Å². The highest BCUT2D eigenvalue weighted by atomic mass is 19.1. The molecule has 5 aliphatic rings. The molecule has 3 aromatic rings. The molecule has 1 aliphatic carbocycles. The molecule has 4 atom stereocenters. The highest BCUT2D eigenvalue weighted by molar-refractivity contribution is 5.64. The lowest BCUT2D eigenvalue weighted by Crippen LogP contribution is -2.49. The predicted molar refractivity (Wildman–Crippen MR) is 157 cm³/mol. The van der Waals surface area contributed by atoms with Crippen molar-refractivity contribution in [2.75, 3.05) is 43.4 Å². The van der Waals surface area contributed by atoms with Gasteiger partial charge in [-0.3, -0.25) is 9.58 Å². The maximum absolute atomic E-state index is 14.5. The van der Waals surface area contributed by atoms with Gasteiger partial charge in [-0.15, -0.1) is 0 Å². The van der Waals surface area contributed by atoms with Gasteiger partial charge in [0.15, 0.2) is 0 Å². The molecule has 0 saturated carbocycles. The minimum atomic E-state index is -0.822. The first-order valence-corrected chi connectivity index (χ1v) is 15.5. The number of rotatable bonds is 5. The Hall–Kier alpha value is -3.75.